The van der Waals surface area contributed by atoms with Gasteiger partial charge in [0.05, 0.1) is 37.1 Å². The Kier molecular flexibility index (Phi) is 9.46. The summed E-state index contributed by atoms with van der Waals surface area (Å²) in [5.41, 5.74) is 1.99. The fourth-order valence-electron chi connectivity index (χ4n) is 12.4. The summed E-state index contributed by atoms with van der Waals surface area (Å²) < 4.78 is 38.2. The van der Waals surface area contributed by atoms with Crippen LogP contribution in [0.2, 0.25) is 0 Å². The number of aliphatic hydroxyl groups is 6. The Bertz CT molecular complexity index is 1360. The van der Waals surface area contributed by atoms with Gasteiger partial charge in [-0.2, -0.15) is 0 Å². The van der Waals surface area contributed by atoms with E-state index in [0.29, 0.717) is 37.2 Å². The van der Waals surface area contributed by atoms with Gasteiger partial charge in [0.2, 0.25) is 0 Å². The lowest BCUT2D eigenvalue weighted by molar-refractivity contribution is -0.371. The fourth-order valence-corrected chi connectivity index (χ4v) is 12.4. The van der Waals surface area contributed by atoms with Crippen LogP contribution >= 0.6 is 0 Å². The first kappa shape index (κ1) is 36.9. The summed E-state index contributed by atoms with van der Waals surface area (Å²) in [6.07, 6.45) is -4.69. The van der Waals surface area contributed by atoms with E-state index in [2.05, 4.69) is 33.4 Å². The maximum atomic E-state index is 11.3. The number of allylic oxidation sites excluding steroid dienone is 1. The third kappa shape index (κ3) is 5.60. The SMILES string of the molecule is C=C1CC[C@@]2(OC1)O[C@H]1C[C@H]3[C@@H]4CC=C5C[C@@H](O)C[C@@H](O[C@@H]6O[C@H](C)[C@H](O)[C@H](O)[C@H]6O[C@@H]6O[C@@H](C)[C@H](O)[C@@H](O)[C@H]6O)[C@]5(C)[C@H]4CC[C@]3(C)[C@H]1[C@@H]2C. The monoisotopic (exact) mass is 720 g/mol. The van der Waals surface area contributed by atoms with Crippen LogP contribution in [0.15, 0.2) is 23.8 Å². The van der Waals surface area contributed by atoms with Gasteiger partial charge in [-0.3, -0.25) is 0 Å². The molecule has 12 nitrogen and oxygen atoms in total. The fraction of sp³-hybridized carbons (Fsp3) is 0.897. The van der Waals surface area contributed by atoms with E-state index in [1.807, 2.05) is 0 Å². The summed E-state index contributed by atoms with van der Waals surface area (Å²) in [4.78, 5) is 0. The van der Waals surface area contributed by atoms with Crippen LogP contribution in [0.25, 0.3) is 0 Å². The minimum absolute atomic E-state index is 0.107. The normalized spacial score (nSPS) is 58.4. The van der Waals surface area contributed by atoms with Crippen molar-refractivity contribution in [1.29, 1.82) is 0 Å². The molecular formula is C39H60O12. The Labute approximate surface area is 301 Å². The van der Waals surface area contributed by atoms with Gasteiger partial charge in [-0.1, -0.05) is 44.6 Å². The number of rotatable bonds is 4. The van der Waals surface area contributed by atoms with Gasteiger partial charge in [0, 0.05) is 24.2 Å². The van der Waals surface area contributed by atoms with E-state index >= 15 is 0 Å². The third-order valence-electron chi connectivity index (χ3n) is 15.3. The molecular weight excluding hydrogens is 660 g/mol. The molecule has 0 aromatic carbocycles. The average molecular weight is 721 g/mol. The molecule has 1 spiro atoms. The van der Waals surface area contributed by atoms with E-state index in [0.717, 1.165) is 44.1 Å². The molecule has 4 heterocycles. The van der Waals surface area contributed by atoms with Crippen LogP contribution in [0.4, 0.5) is 0 Å². The summed E-state index contributed by atoms with van der Waals surface area (Å²) in [6, 6.07) is 0. The maximum Gasteiger partial charge on any atom is 0.187 e. The van der Waals surface area contributed by atoms with Gasteiger partial charge in [-0.15, -0.1) is 0 Å². The molecule has 8 aliphatic rings. The molecule has 21 atom stereocenters. The van der Waals surface area contributed by atoms with Crippen LogP contribution in [0.5, 0.6) is 0 Å². The number of aliphatic hydroxyl groups excluding tert-OH is 6. The van der Waals surface area contributed by atoms with Crippen molar-refractivity contribution in [3.63, 3.8) is 0 Å². The van der Waals surface area contributed by atoms with Crippen LogP contribution in [0.3, 0.4) is 0 Å². The first-order valence-corrected chi connectivity index (χ1v) is 19.5. The van der Waals surface area contributed by atoms with Gasteiger partial charge in [0.15, 0.2) is 18.4 Å². The Morgan fingerprint density at radius 3 is 2.24 bits per heavy atom. The van der Waals surface area contributed by atoms with Crippen molar-refractivity contribution in [3.8, 4) is 0 Å². The largest absolute Gasteiger partial charge is 0.393 e. The number of hydrogen-bond acceptors (Lipinski definition) is 12. The van der Waals surface area contributed by atoms with Gasteiger partial charge in [0.25, 0.3) is 0 Å². The van der Waals surface area contributed by atoms with Crippen molar-refractivity contribution in [3.05, 3.63) is 23.8 Å². The Morgan fingerprint density at radius 1 is 0.824 bits per heavy atom. The molecule has 8 rings (SSSR count). The van der Waals surface area contributed by atoms with Crippen LogP contribution < -0.4 is 0 Å². The maximum absolute atomic E-state index is 11.3. The zero-order chi connectivity index (χ0) is 36.4. The molecule has 4 aliphatic carbocycles. The van der Waals surface area contributed by atoms with Crippen LogP contribution in [-0.2, 0) is 28.4 Å². The highest BCUT2D eigenvalue weighted by molar-refractivity contribution is 5.29. The summed E-state index contributed by atoms with van der Waals surface area (Å²) in [7, 11) is 0. The second-order valence-corrected chi connectivity index (χ2v) is 17.9. The first-order chi connectivity index (χ1) is 24.1. The molecule has 4 saturated heterocycles. The minimum Gasteiger partial charge on any atom is -0.393 e. The third-order valence-corrected chi connectivity index (χ3v) is 15.3. The summed E-state index contributed by atoms with van der Waals surface area (Å²) in [5.74, 6) is 1.32. The van der Waals surface area contributed by atoms with Gasteiger partial charge in [-0.25, -0.2) is 0 Å². The highest BCUT2D eigenvalue weighted by Crippen LogP contribution is 2.71. The highest BCUT2D eigenvalue weighted by atomic mass is 16.8. The van der Waals surface area contributed by atoms with Crippen molar-refractivity contribution in [2.75, 3.05) is 6.61 Å². The predicted molar refractivity (Wildman–Crippen MR) is 182 cm³/mol. The quantitative estimate of drug-likeness (QED) is 0.234. The van der Waals surface area contributed by atoms with Crippen molar-refractivity contribution in [2.45, 2.75) is 171 Å². The van der Waals surface area contributed by atoms with Crippen molar-refractivity contribution >= 4 is 0 Å². The molecule has 0 aromatic rings. The molecule has 12 heteroatoms. The topological polar surface area (TPSA) is 177 Å². The van der Waals surface area contributed by atoms with Gasteiger partial charge >= 0.3 is 0 Å². The van der Waals surface area contributed by atoms with Crippen molar-refractivity contribution in [2.24, 2.45) is 40.4 Å². The molecule has 0 radical (unpaired) electrons. The lowest BCUT2D eigenvalue weighted by Gasteiger charge is -2.60. The molecule has 7 fully saturated rings. The van der Waals surface area contributed by atoms with Crippen LogP contribution in [-0.4, -0.2) is 123 Å². The zero-order valence-electron chi connectivity index (χ0n) is 30.7. The smallest absolute Gasteiger partial charge is 0.187 e. The lowest BCUT2D eigenvalue weighted by Crippen LogP contribution is -2.64. The summed E-state index contributed by atoms with van der Waals surface area (Å²) in [5, 5.41) is 64.7. The van der Waals surface area contributed by atoms with Gasteiger partial charge in [-0.05, 0) is 81.5 Å². The number of ether oxygens (including phenoxy) is 6. The second-order valence-electron chi connectivity index (χ2n) is 17.9. The second kappa shape index (κ2) is 13.1. The van der Waals surface area contributed by atoms with E-state index in [1.54, 1.807) is 13.8 Å². The summed E-state index contributed by atoms with van der Waals surface area (Å²) in [6.45, 7) is 15.0. The Hall–Kier alpha value is -1.00. The highest BCUT2D eigenvalue weighted by Gasteiger charge is 2.69. The number of fused-ring (bicyclic) bond motifs is 7. The van der Waals surface area contributed by atoms with Gasteiger partial charge in [0.1, 0.15) is 36.6 Å². The van der Waals surface area contributed by atoms with Crippen LogP contribution in [0, 0.1) is 40.4 Å². The lowest BCUT2D eigenvalue weighted by atomic mass is 9.46. The predicted octanol–water partition coefficient (Wildman–Crippen LogP) is 2.31. The van der Waals surface area contributed by atoms with Gasteiger partial charge < -0.3 is 59.1 Å². The molecule has 288 valence electrons. The molecule has 3 saturated carbocycles. The average Bonchev–Trinajstić information content (AvgIpc) is 3.54. The van der Waals surface area contributed by atoms with E-state index < -0.39 is 84.8 Å². The molecule has 4 aliphatic heterocycles. The Morgan fingerprint density at radius 2 is 1.53 bits per heavy atom. The zero-order valence-corrected chi connectivity index (χ0v) is 30.7. The van der Waals surface area contributed by atoms with Crippen molar-refractivity contribution < 1.29 is 59.1 Å². The Balaban J connectivity index is 1.05. The van der Waals surface area contributed by atoms with E-state index in [4.69, 9.17) is 28.4 Å². The molecule has 51 heavy (non-hydrogen) atoms. The minimum atomic E-state index is -1.61. The number of hydrogen-bond donors (Lipinski definition) is 6. The molecule has 6 N–H and O–H groups in total. The first-order valence-electron chi connectivity index (χ1n) is 19.5. The van der Waals surface area contributed by atoms with Crippen LogP contribution in [0.1, 0.15) is 86.0 Å². The van der Waals surface area contributed by atoms with E-state index in [9.17, 15) is 30.6 Å². The molecule has 0 amide bonds. The molecule has 0 aromatic heterocycles. The van der Waals surface area contributed by atoms with E-state index in [-0.39, 0.29) is 23.4 Å². The molecule has 0 unspecified atom stereocenters. The van der Waals surface area contributed by atoms with Crippen molar-refractivity contribution in [1.82, 2.24) is 0 Å². The standard InChI is InChI=1S/C39H60O12/c1-17-9-12-39(46-16-17)18(2)28-26(51-39)15-25-23-8-7-21-13-22(40)14-27(38(21,6)24(23)10-11-37(25,28)5)49-36-34(32(44)30(42)20(4)48-36)50-35-33(45)31(43)29(41)19(3)47-35/h7,18-20,22-36,40-45H,1,8-16H2,2-6H3/t18-,19-,20+,22+,23+,24-,25-,26-,27+,28-,29-,30-,31+,32-,33+,34+,35-,36-,37-,38-,39+/m0/s1. The molecule has 0 bridgehead atoms. The van der Waals surface area contributed by atoms with E-state index in [1.165, 1.54) is 5.57 Å². The summed E-state index contributed by atoms with van der Waals surface area (Å²) >= 11 is 0.